The van der Waals surface area contributed by atoms with Gasteiger partial charge >= 0.3 is 0 Å². The van der Waals surface area contributed by atoms with Crippen LogP contribution >= 0.6 is 11.6 Å². The first-order valence-electron chi connectivity index (χ1n) is 6.02. The maximum absolute atomic E-state index is 8.55. The molecule has 0 saturated heterocycles. The van der Waals surface area contributed by atoms with E-state index in [9.17, 15) is 0 Å². The molecule has 6 heteroatoms. The van der Waals surface area contributed by atoms with Crippen molar-refractivity contribution in [2.75, 3.05) is 40.6 Å². The van der Waals surface area contributed by atoms with Gasteiger partial charge in [-0.2, -0.15) is 0 Å². The number of nitrogens with one attached hydrogen (secondary N) is 1. The maximum Gasteiger partial charge on any atom is 0.179 e. The monoisotopic (exact) mass is 289 g/mol. The lowest BCUT2D eigenvalue weighted by molar-refractivity contribution is 0.0938. The molecule has 1 aromatic carbocycles. The summed E-state index contributed by atoms with van der Waals surface area (Å²) in [5.41, 5.74) is 1.00. The van der Waals surface area contributed by atoms with Crippen molar-refractivity contribution in [3.63, 3.8) is 0 Å². The highest BCUT2D eigenvalue weighted by Gasteiger charge is 2.10. The largest absolute Gasteiger partial charge is 0.493 e. The van der Waals surface area contributed by atoms with Crippen LogP contribution in [0.4, 0.5) is 0 Å². The van der Waals surface area contributed by atoms with Crippen molar-refractivity contribution in [2.24, 2.45) is 0 Å². The molecule has 0 heterocycles. The van der Waals surface area contributed by atoms with Crippen LogP contribution in [0, 0.1) is 0 Å². The molecule has 0 fully saturated rings. The summed E-state index contributed by atoms with van der Waals surface area (Å²) in [6, 6.07) is 3.72. The Bertz CT molecular complexity index is 387. The van der Waals surface area contributed by atoms with Crippen LogP contribution in [-0.2, 0) is 11.3 Å². The van der Waals surface area contributed by atoms with Crippen molar-refractivity contribution in [2.45, 2.75) is 6.54 Å². The zero-order chi connectivity index (χ0) is 14.1. The maximum atomic E-state index is 8.55. The zero-order valence-electron chi connectivity index (χ0n) is 11.2. The number of halogens is 1. The molecule has 5 nitrogen and oxygen atoms in total. The lowest BCUT2D eigenvalue weighted by Gasteiger charge is -2.12. The lowest BCUT2D eigenvalue weighted by Crippen LogP contribution is -2.20. The quantitative estimate of drug-likeness (QED) is 0.674. The molecule has 0 amide bonds. The number of hydrogen-bond donors (Lipinski definition) is 2. The van der Waals surface area contributed by atoms with Gasteiger partial charge in [-0.3, -0.25) is 0 Å². The van der Waals surface area contributed by atoms with Gasteiger partial charge in [0.15, 0.2) is 11.5 Å². The predicted molar refractivity (Wildman–Crippen MR) is 74.2 cm³/mol. The van der Waals surface area contributed by atoms with E-state index < -0.39 is 0 Å². The van der Waals surface area contributed by atoms with Gasteiger partial charge in [-0.1, -0.05) is 11.6 Å². The minimum Gasteiger partial charge on any atom is -0.493 e. The van der Waals surface area contributed by atoms with Crippen LogP contribution in [0.15, 0.2) is 12.1 Å². The average molecular weight is 290 g/mol. The third-order valence-electron chi connectivity index (χ3n) is 2.48. The predicted octanol–water partition coefficient (Wildman–Crippen LogP) is 1.46. The molecule has 2 N–H and O–H groups in total. The second-order valence-corrected chi connectivity index (χ2v) is 4.23. The first-order chi connectivity index (χ1) is 9.22. The Labute approximate surface area is 118 Å². The van der Waals surface area contributed by atoms with Crippen LogP contribution in [0.3, 0.4) is 0 Å². The molecule has 0 saturated carbocycles. The molecule has 0 aliphatic carbocycles. The van der Waals surface area contributed by atoms with Crippen LogP contribution in [-0.4, -0.2) is 45.7 Å². The molecule has 1 rings (SSSR count). The lowest BCUT2D eigenvalue weighted by atomic mass is 10.2. The Kier molecular flexibility index (Phi) is 7.59. The number of ether oxygens (including phenoxy) is 3. The van der Waals surface area contributed by atoms with Gasteiger partial charge in [0.25, 0.3) is 0 Å². The summed E-state index contributed by atoms with van der Waals surface area (Å²) in [6.07, 6.45) is 0. The SMILES string of the molecule is COc1cc(CNCCOCCO)cc(Cl)c1OC. The third-order valence-corrected chi connectivity index (χ3v) is 2.76. The van der Waals surface area contributed by atoms with Crippen LogP contribution < -0.4 is 14.8 Å². The number of aliphatic hydroxyl groups is 1. The van der Waals surface area contributed by atoms with Gasteiger partial charge in [0.2, 0.25) is 0 Å². The van der Waals surface area contributed by atoms with E-state index >= 15 is 0 Å². The van der Waals surface area contributed by atoms with Crippen molar-refractivity contribution in [1.82, 2.24) is 5.32 Å². The summed E-state index contributed by atoms with van der Waals surface area (Å²) < 4.78 is 15.5. The molecule has 1 aromatic rings. The van der Waals surface area contributed by atoms with Crippen molar-refractivity contribution < 1.29 is 19.3 Å². The Morgan fingerprint density at radius 1 is 1.21 bits per heavy atom. The highest BCUT2D eigenvalue weighted by Crippen LogP contribution is 2.35. The summed E-state index contributed by atoms with van der Waals surface area (Å²) in [5.74, 6) is 1.16. The van der Waals surface area contributed by atoms with E-state index in [1.54, 1.807) is 14.2 Å². The van der Waals surface area contributed by atoms with Crippen LogP contribution in [0.5, 0.6) is 11.5 Å². The smallest absolute Gasteiger partial charge is 0.179 e. The molecule has 19 heavy (non-hydrogen) atoms. The second-order valence-electron chi connectivity index (χ2n) is 3.83. The van der Waals surface area contributed by atoms with Gasteiger partial charge in [0, 0.05) is 13.1 Å². The minimum absolute atomic E-state index is 0.0469. The molecule has 0 spiro atoms. The highest BCUT2D eigenvalue weighted by atomic mass is 35.5. The minimum atomic E-state index is 0.0469. The molecule has 108 valence electrons. The van der Waals surface area contributed by atoms with Crippen molar-refractivity contribution >= 4 is 11.6 Å². The number of methoxy groups -OCH3 is 2. The summed E-state index contributed by atoms with van der Waals surface area (Å²) in [6.45, 7) is 2.32. The Morgan fingerprint density at radius 2 is 2.00 bits per heavy atom. The van der Waals surface area contributed by atoms with E-state index in [4.69, 9.17) is 30.9 Å². The summed E-state index contributed by atoms with van der Waals surface area (Å²) >= 11 is 6.11. The van der Waals surface area contributed by atoms with Crippen molar-refractivity contribution in [1.29, 1.82) is 0 Å². The molecule has 0 aliphatic heterocycles. The number of aliphatic hydroxyl groups excluding tert-OH is 1. The molecule has 0 unspecified atom stereocenters. The van der Waals surface area contributed by atoms with E-state index in [2.05, 4.69) is 5.32 Å². The molecular formula is C13H20ClNO4. The van der Waals surface area contributed by atoms with Crippen LogP contribution in [0.25, 0.3) is 0 Å². The van der Waals surface area contributed by atoms with Gasteiger partial charge in [0.1, 0.15) is 0 Å². The van der Waals surface area contributed by atoms with Crippen molar-refractivity contribution in [3.05, 3.63) is 22.7 Å². The first kappa shape index (κ1) is 16.0. The standard InChI is InChI=1S/C13H20ClNO4/c1-17-12-8-10(7-11(14)13(12)18-2)9-15-3-5-19-6-4-16/h7-8,15-16H,3-6,9H2,1-2H3. The van der Waals surface area contributed by atoms with E-state index in [0.29, 0.717) is 42.8 Å². The van der Waals surface area contributed by atoms with Gasteiger partial charge in [-0.25, -0.2) is 0 Å². The average Bonchev–Trinajstić information content (AvgIpc) is 2.42. The fourth-order valence-corrected chi connectivity index (χ4v) is 1.93. The van der Waals surface area contributed by atoms with Gasteiger partial charge in [-0.15, -0.1) is 0 Å². The summed E-state index contributed by atoms with van der Waals surface area (Å²) in [7, 11) is 3.13. The normalized spacial score (nSPS) is 10.5. The number of benzene rings is 1. The fourth-order valence-electron chi connectivity index (χ4n) is 1.62. The zero-order valence-corrected chi connectivity index (χ0v) is 12.0. The van der Waals surface area contributed by atoms with E-state index in [0.717, 1.165) is 5.56 Å². The molecule has 0 radical (unpaired) electrons. The van der Waals surface area contributed by atoms with E-state index in [-0.39, 0.29) is 6.61 Å². The summed E-state index contributed by atoms with van der Waals surface area (Å²) in [4.78, 5) is 0. The molecule has 0 aliphatic rings. The van der Waals surface area contributed by atoms with Crippen LogP contribution in [0.1, 0.15) is 5.56 Å². The van der Waals surface area contributed by atoms with Gasteiger partial charge in [-0.05, 0) is 17.7 Å². The molecule has 0 bridgehead atoms. The topological polar surface area (TPSA) is 60.0 Å². The Hall–Kier alpha value is -1.01. The number of hydrogen-bond acceptors (Lipinski definition) is 5. The van der Waals surface area contributed by atoms with Crippen LogP contribution in [0.2, 0.25) is 5.02 Å². The fraction of sp³-hybridized carbons (Fsp3) is 0.538. The Morgan fingerprint density at radius 3 is 2.63 bits per heavy atom. The van der Waals surface area contributed by atoms with Gasteiger partial charge in [0.05, 0.1) is 39.1 Å². The second kappa shape index (κ2) is 8.98. The van der Waals surface area contributed by atoms with Gasteiger partial charge < -0.3 is 24.6 Å². The van der Waals surface area contributed by atoms with E-state index in [1.807, 2.05) is 12.1 Å². The Balaban J connectivity index is 2.48. The molecule has 0 aromatic heterocycles. The highest BCUT2D eigenvalue weighted by molar-refractivity contribution is 6.32. The summed E-state index contributed by atoms with van der Waals surface area (Å²) in [5, 5.41) is 12.3. The first-order valence-corrected chi connectivity index (χ1v) is 6.40. The van der Waals surface area contributed by atoms with E-state index in [1.165, 1.54) is 0 Å². The molecule has 0 atom stereocenters. The number of rotatable bonds is 9. The third kappa shape index (κ3) is 5.24. The molecular weight excluding hydrogens is 270 g/mol. The van der Waals surface area contributed by atoms with Crippen molar-refractivity contribution in [3.8, 4) is 11.5 Å².